The molecule has 0 aliphatic rings. The number of nitrogens with zero attached hydrogens (tertiary/aromatic N) is 1. The van der Waals surface area contributed by atoms with Crippen LogP contribution >= 0.6 is 0 Å². The lowest BCUT2D eigenvalue weighted by atomic mass is 10.2. The third-order valence-electron chi connectivity index (χ3n) is 2.41. The van der Waals surface area contributed by atoms with Crippen LogP contribution in [0.1, 0.15) is 17.3 Å². The molecule has 2 amide bonds. The highest BCUT2D eigenvalue weighted by molar-refractivity contribution is 5.92. The Morgan fingerprint density at radius 2 is 1.81 bits per heavy atom. The maximum absolute atomic E-state index is 12.1. The molecule has 0 spiro atoms. The Bertz CT molecular complexity index is 500. The molecule has 116 valence electrons. The van der Waals surface area contributed by atoms with E-state index in [0.717, 1.165) is 7.05 Å². The molecule has 0 saturated carbocycles. The van der Waals surface area contributed by atoms with Crippen molar-refractivity contribution in [3.05, 3.63) is 29.8 Å². The maximum Gasteiger partial charge on any atom is 0.406 e. The SMILES string of the molecule is CCOC(=O)c1ccc(NC(=O)N(C)CC(F)(F)F)cc1. The minimum Gasteiger partial charge on any atom is -0.462 e. The number of carbonyl (C=O) groups is 2. The zero-order valence-electron chi connectivity index (χ0n) is 11.5. The van der Waals surface area contributed by atoms with Crippen molar-refractivity contribution in [1.29, 1.82) is 0 Å². The number of esters is 1. The van der Waals surface area contributed by atoms with Crippen molar-refractivity contribution in [2.75, 3.05) is 25.5 Å². The van der Waals surface area contributed by atoms with E-state index < -0.39 is 24.7 Å². The summed E-state index contributed by atoms with van der Waals surface area (Å²) >= 11 is 0. The zero-order chi connectivity index (χ0) is 16.0. The third-order valence-corrected chi connectivity index (χ3v) is 2.41. The van der Waals surface area contributed by atoms with Gasteiger partial charge >= 0.3 is 18.2 Å². The van der Waals surface area contributed by atoms with E-state index in [-0.39, 0.29) is 12.3 Å². The highest BCUT2D eigenvalue weighted by atomic mass is 19.4. The van der Waals surface area contributed by atoms with Crippen LogP contribution in [0.2, 0.25) is 0 Å². The number of nitrogens with one attached hydrogen (secondary N) is 1. The Balaban J connectivity index is 2.63. The number of anilines is 1. The first-order valence-electron chi connectivity index (χ1n) is 6.09. The molecule has 0 bridgehead atoms. The van der Waals surface area contributed by atoms with Crippen molar-refractivity contribution in [1.82, 2.24) is 4.90 Å². The van der Waals surface area contributed by atoms with E-state index in [9.17, 15) is 22.8 Å². The van der Waals surface area contributed by atoms with E-state index >= 15 is 0 Å². The van der Waals surface area contributed by atoms with Gasteiger partial charge in [-0.2, -0.15) is 13.2 Å². The molecule has 0 heterocycles. The third kappa shape index (κ3) is 5.72. The smallest absolute Gasteiger partial charge is 0.406 e. The first kappa shape index (κ1) is 16.8. The van der Waals surface area contributed by atoms with Crippen molar-refractivity contribution in [2.24, 2.45) is 0 Å². The Morgan fingerprint density at radius 1 is 1.24 bits per heavy atom. The molecule has 0 aliphatic heterocycles. The molecule has 1 aromatic carbocycles. The molecular formula is C13H15F3N2O3. The lowest BCUT2D eigenvalue weighted by molar-refractivity contribution is -0.137. The second-order valence-corrected chi connectivity index (χ2v) is 4.20. The first-order valence-corrected chi connectivity index (χ1v) is 6.09. The average Bonchev–Trinajstić information content (AvgIpc) is 2.37. The topological polar surface area (TPSA) is 58.6 Å². The summed E-state index contributed by atoms with van der Waals surface area (Å²) in [7, 11) is 1.04. The summed E-state index contributed by atoms with van der Waals surface area (Å²) in [6.45, 7) is 0.558. The monoisotopic (exact) mass is 304 g/mol. The van der Waals surface area contributed by atoms with Crippen LogP contribution in [0.3, 0.4) is 0 Å². The van der Waals surface area contributed by atoms with Crippen LogP contribution in [-0.2, 0) is 4.74 Å². The molecular weight excluding hydrogens is 289 g/mol. The van der Waals surface area contributed by atoms with Gasteiger partial charge in [0.05, 0.1) is 12.2 Å². The lowest BCUT2D eigenvalue weighted by Crippen LogP contribution is -2.38. The van der Waals surface area contributed by atoms with E-state index in [1.54, 1.807) is 6.92 Å². The van der Waals surface area contributed by atoms with E-state index in [0.29, 0.717) is 10.5 Å². The molecule has 5 nitrogen and oxygen atoms in total. The Kier molecular flexibility index (Phi) is 5.57. The molecule has 1 rings (SSSR count). The number of benzene rings is 1. The molecule has 1 N–H and O–H groups in total. The second-order valence-electron chi connectivity index (χ2n) is 4.20. The molecule has 21 heavy (non-hydrogen) atoms. The summed E-state index contributed by atoms with van der Waals surface area (Å²) < 4.78 is 41.2. The highest BCUT2D eigenvalue weighted by Crippen LogP contribution is 2.17. The van der Waals surface area contributed by atoms with Crippen LogP contribution < -0.4 is 5.32 Å². The Morgan fingerprint density at radius 3 is 2.29 bits per heavy atom. The highest BCUT2D eigenvalue weighted by Gasteiger charge is 2.31. The summed E-state index contributed by atoms with van der Waals surface area (Å²) in [5, 5.41) is 2.30. The molecule has 1 aromatic rings. The summed E-state index contributed by atoms with van der Waals surface area (Å²) in [5.74, 6) is -0.510. The van der Waals surface area contributed by atoms with Crippen molar-refractivity contribution < 1.29 is 27.5 Å². The number of halogens is 3. The molecule has 0 unspecified atom stereocenters. The Hall–Kier alpha value is -2.25. The van der Waals surface area contributed by atoms with Crippen LogP contribution in [0.5, 0.6) is 0 Å². The van der Waals surface area contributed by atoms with Gasteiger partial charge in [0.25, 0.3) is 0 Å². The number of hydrogen-bond acceptors (Lipinski definition) is 3. The van der Waals surface area contributed by atoms with Crippen LogP contribution in [0.25, 0.3) is 0 Å². The number of amides is 2. The predicted molar refractivity (Wildman–Crippen MR) is 70.1 cm³/mol. The maximum atomic E-state index is 12.1. The molecule has 0 fully saturated rings. The summed E-state index contributed by atoms with van der Waals surface area (Å²) in [6, 6.07) is 4.75. The first-order chi connectivity index (χ1) is 9.73. The van der Waals surface area contributed by atoms with Gasteiger partial charge in [-0.3, -0.25) is 0 Å². The number of ether oxygens (including phenoxy) is 1. The molecule has 0 aliphatic carbocycles. The van der Waals surface area contributed by atoms with Crippen molar-refractivity contribution in [2.45, 2.75) is 13.1 Å². The molecule has 0 aromatic heterocycles. The van der Waals surface area contributed by atoms with E-state index in [4.69, 9.17) is 4.74 Å². The number of alkyl halides is 3. The number of urea groups is 1. The van der Waals surface area contributed by atoms with Gasteiger partial charge in [0.15, 0.2) is 0 Å². The van der Waals surface area contributed by atoms with E-state index in [2.05, 4.69) is 5.32 Å². The molecule has 0 atom stereocenters. The number of carbonyl (C=O) groups excluding carboxylic acids is 2. The largest absolute Gasteiger partial charge is 0.462 e. The lowest BCUT2D eigenvalue weighted by Gasteiger charge is -2.19. The quantitative estimate of drug-likeness (QED) is 0.870. The normalized spacial score (nSPS) is 10.9. The van der Waals surface area contributed by atoms with Crippen molar-refractivity contribution in [3.8, 4) is 0 Å². The fourth-order valence-corrected chi connectivity index (χ4v) is 1.46. The van der Waals surface area contributed by atoms with Crippen LogP contribution in [0, 0.1) is 0 Å². The standard InChI is InChI=1S/C13H15F3N2O3/c1-3-21-11(19)9-4-6-10(7-5-9)17-12(20)18(2)8-13(14,15)16/h4-7H,3,8H2,1-2H3,(H,17,20). The van der Waals surface area contributed by atoms with E-state index in [1.807, 2.05) is 0 Å². The minimum atomic E-state index is -4.46. The van der Waals surface area contributed by atoms with Gasteiger partial charge in [0, 0.05) is 12.7 Å². The Labute approximate surface area is 119 Å². The minimum absolute atomic E-state index is 0.236. The van der Waals surface area contributed by atoms with Crippen LogP contribution in [0.4, 0.5) is 23.7 Å². The molecule has 0 radical (unpaired) electrons. The predicted octanol–water partition coefficient (Wildman–Crippen LogP) is 2.89. The summed E-state index contributed by atoms with van der Waals surface area (Å²) in [6.07, 6.45) is -4.46. The molecule has 0 saturated heterocycles. The van der Waals surface area contributed by atoms with Crippen LogP contribution in [0.15, 0.2) is 24.3 Å². The van der Waals surface area contributed by atoms with Crippen LogP contribution in [-0.4, -0.2) is 43.3 Å². The fourth-order valence-electron chi connectivity index (χ4n) is 1.46. The van der Waals surface area contributed by atoms with E-state index in [1.165, 1.54) is 24.3 Å². The van der Waals surface area contributed by atoms with Gasteiger partial charge in [-0.25, -0.2) is 9.59 Å². The molecule has 8 heteroatoms. The zero-order valence-corrected chi connectivity index (χ0v) is 11.5. The average molecular weight is 304 g/mol. The van der Waals surface area contributed by atoms with Gasteiger partial charge in [0.1, 0.15) is 6.54 Å². The van der Waals surface area contributed by atoms with Gasteiger partial charge < -0.3 is 15.0 Å². The van der Waals surface area contributed by atoms with Crippen molar-refractivity contribution in [3.63, 3.8) is 0 Å². The van der Waals surface area contributed by atoms with Gasteiger partial charge in [-0.1, -0.05) is 0 Å². The number of hydrogen-bond donors (Lipinski definition) is 1. The fraction of sp³-hybridized carbons (Fsp3) is 0.385. The summed E-state index contributed by atoms with van der Waals surface area (Å²) in [5.41, 5.74) is 0.570. The van der Waals surface area contributed by atoms with Crippen molar-refractivity contribution >= 4 is 17.7 Å². The summed E-state index contributed by atoms with van der Waals surface area (Å²) in [4.78, 5) is 23.4. The number of rotatable bonds is 4. The van der Waals surface area contributed by atoms with Gasteiger partial charge in [-0.05, 0) is 31.2 Å². The van der Waals surface area contributed by atoms with Gasteiger partial charge in [0.2, 0.25) is 0 Å². The second kappa shape index (κ2) is 6.96. The van der Waals surface area contributed by atoms with Gasteiger partial charge in [-0.15, -0.1) is 0 Å².